The van der Waals surface area contributed by atoms with Gasteiger partial charge in [-0.25, -0.2) is 9.37 Å². The van der Waals surface area contributed by atoms with Gasteiger partial charge in [0.05, 0.1) is 6.61 Å². The van der Waals surface area contributed by atoms with Gasteiger partial charge in [0.25, 0.3) is 0 Å². The van der Waals surface area contributed by atoms with Gasteiger partial charge in [-0.1, -0.05) is 18.2 Å². The Morgan fingerprint density at radius 2 is 2.10 bits per heavy atom. The summed E-state index contributed by atoms with van der Waals surface area (Å²) in [6.45, 7) is 2.42. The first-order valence-corrected chi connectivity index (χ1v) is 6.84. The summed E-state index contributed by atoms with van der Waals surface area (Å²) in [6, 6.07) is 10.1. The molecule has 0 radical (unpaired) electrons. The van der Waals surface area contributed by atoms with E-state index < -0.39 is 0 Å². The fourth-order valence-corrected chi connectivity index (χ4v) is 1.84. The number of ether oxygens (including phenoxy) is 1. The monoisotopic (exact) mass is 287 g/mol. The quantitative estimate of drug-likeness (QED) is 0.827. The lowest BCUT2D eigenvalue weighted by Crippen LogP contribution is -2.02. The van der Waals surface area contributed by atoms with Crippen molar-refractivity contribution in [1.29, 1.82) is 0 Å². The molecule has 21 heavy (non-hydrogen) atoms. The van der Waals surface area contributed by atoms with Crippen molar-refractivity contribution in [1.82, 2.24) is 4.98 Å². The number of aliphatic hydroxyl groups is 1. The van der Waals surface area contributed by atoms with Crippen LogP contribution in [-0.4, -0.2) is 23.3 Å². The van der Waals surface area contributed by atoms with Crippen molar-refractivity contribution in [2.75, 3.05) is 13.2 Å². The summed E-state index contributed by atoms with van der Waals surface area (Å²) in [5, 5.41) is 8.79. The lowest BCUT2D eigenvalue weighted by atomic mass is 10.2. The van der Waals surface area contributed by atoms with Gasteiger partial charge >= 0.3 is 0 Å². The zero-order chi connectivity index (χ0) is 15.1. The lowest BCUT2D eigenvalue weighted by Gasteiger charge is -2.08. The van der Waals surface area contributed by atoms with Crippen LogP contribution in [0.25, 0.3) is 12.2 Å². The average molecular weight is 287 g/mol. The van der Waals surface area contributed by atoms with Gasteiger partial charge in [-0.05, 0) is 42.8 Å². The minimum absolute atomic E-state index is 0.0910. The van der Waals surface area contributed by atoms with E-state index in [1.807, 2.05) is 25.1 Å². The highest BCUT2D eigenvalue weighted by atomic mass is 19.1. The lowest BCUT2D eigenvalue weighted by molar-refractivity contribution is 0.233. The molecule has 0 fully saturated rings. The molecule has 0 bridgehead atoms. The second-order valence-electron chi connectivity index (χ2n) is 4.65. The van der Waals surface area contributed by atoms with Crippen LogP contribution in [0.3, 0.4) is 0 Å². The molecule has 0 aliphatic carbocycles. The fourth-order valence-electron chi connectivity index (χ4n) is 1.84. The molecular weight excluding hydrogens is 269 g/mol. The van der Waals surface area contributed by atoms with Gasteiger partial charge in [-0.3, -0.25) is 0 Å². The number of hydrogen-bond acceptors (Lipinski definition) is 3. The van der Waals surface area contributed by atoms with Crippen molar-refractivity contribution in [3.63, 3.8) is 0 Å². The van der Waals surface area contributed by atoms with Crippen molar-refractivity contribution < 1.29 is 14.2 Å². The first kappa shape index (κ1) is 15.2. The van der Waals surface area contributed by atoms with Gasteiger partial charge in [0.2, 0.25) is 0 Å². The maximum atomic E-state index is 13.1. The minimum atomic E-state index is -0.270. The molecule has 0 aliphatic heterocycles. The number of pyridine rings is 1. The molecule has 0 saturated carbocycles. The summed E-state index contributed by atoms with van der Waals surface area (Å²) in [5.74, 6) is 0.385. The molecule has 3 nitrogen and oxygen atoms in total. The Morgan fingerprint density at radius 3 is 2.86 bits per heavy atom. The molecule has 0 spiro atoms. The van der Waals surface area contributed by atoms with Crippen LogP contribution < -0.4 is 4.74 Å². The second kappa shape index (κ2) is 7.55. The van der Waals surface area contributed by atoms with Crippen LogP contribution in [-0.2, 0) is 0 Å². The van der Waals surface area contributed by atoms with Crippen molar-refractivity contribution >= 4 is 12.2 Å². The summed E-state index contributed by atoms with van der Waals surface area (Å²) in [6.07, 6.45) is 4.17. The molecule has 1 aromatic heterocycles. The summed E-state index contributed by atoms with van der Waals surface area (Å²) >= 11 is 0. The van der Waals surface area contributed by atoms with Crippen molar-refractivity contribution in [3.8, 4) is 5.75 Å². The molecule has 0 amide bonds. The standard InChI is InChI=1S/C17H18FNO2/c1-13-6-9-17(21-11-3-10-20)16(19-13)8-7-14-4-2-5-15(18)12-14/h2,4-9,12,20H,3,10-11H2,1H3. The number of aliphatic hydroxyl groups excluding tert-OH is 1. The van der Waals surface area contributed by atoms with Gasteiger partial charge < -0.3 is 9.84 Å². The summed E-state index contributed by atoms with van der Waals surface area (Å²) in [4.78, 5) is 4.42. The largest absolute Gasteiger partial charge is 0.491 e. The van der Waals surface area contributed by atoms with Crippen LogP contribution in [0, 0.1) is 12.7 Å². The van der Waals surface area contributed by atoms with Crippen molar-refractivity contribution in [3.05, 3.63) is 59.2 Å². The molecule has 0 saturated heterocycles. The highest BCUT2D eigenvalue weighted by Gasteiger charge is 2.03. The maximum Gasteiger partial charge on any atom is 0.144 e. The SMILES string of the molecule is Cc1ccc(OCCCO)c(C=Cc2cccc(F)c2)n1. The van der Waals surface area contributed by atoms with Crippen molar-refractivity contribution in [2.45, 2.75) is 13.3 Å². The van der Waals surface area contributed by atoms with E-state index in [-0.39, 0.29) is 12.4 Å². The van der Waals surface area contributed by atoms with Gasteiger partial charge in [0, 0.05) is 18.7 Å². The number of aromatic nitrogens is 1. The predicted octanol–water partition coefficient (Wildman–Crippen LogP) is 3.46. The van der Waals surface area contributed by atoms with E-state index in [2.05, 4.69) is 4.98 Å². The first-order chi connectivity index (χ1) is 10.2. The Bertz CT molecular complexity index is 626. The van der Waals surface area contributed by atoms with Crippen LogP contribution in [0.15, 0.2) is 36.4 Å². The molecule has 2 aromatic rings. The molecule has 0 unspecified atom stereocenters. The number of halogens is 1. The summed E-state index contributed by atoms with van der Waals surface area (Å²) in [7, 11) is 0. The van der Waals surface area contributed by atoms with Gasteiger partial charge in [-0.2, -0.15) is 0 Å². The Morgan fingerprint density at radius 1 is 1.24 bits per heavy atom. The maximum absolute atomic E-state index is 13.1. The Hall–Kier alpha value is -2.20. The molecule has 0 aliphatic rings. The molecule has 4 heteroatoms. The van der Waals surface area contributed by atoms with E-state index in [4.69, 9.17) is 9.84 Å². The third-order valence-corrected chi connectivity index (χ3v) is 2.87. The Balaban J connectivity index is 2.19. The number of benzene rings is 1. The highest BCUT2D eigenvalue weighted by Crippen LogP contribution is 2.20. The predicted molar refractivity (Wildman–Crippen MR) is 81.5 cm³/mol. The number of rotatable bonds is 6. The Labute approximate surface area is 123 Å². The van der Waals surface area contributed by atoms with Gasteiger partial charge in [0.1, 0.15) is 17.3 Å². The van der Waals surface area contributed by atoms with E-state index in [1.165, 1.54) is 12.1 Å². The van der Waals surface area contributed by atoms with E-state index in [1.54, 1.807) is 18.2 Å². The van der Waals surface area contributed by atoms with Crippen LogP contribution in [0.5, 0.6) is 5.75 Å². The highest BCUT2D eigenvalue weighted by molar-refractivity contribution is 5.70. The molecule has 1 aromatic carbocycles. The molecule has 0 atom stereocenters. The van der Waals surface area contributed by atoms with E-state index in [0.717, 1.165) is 11.3 Å². The number of nitrogens with zero attached hydrogens (tertiary/aromatic N) is 1. The third-order valence-electron chi connectivity index (χ3n) is 2.87. The molecule has 1 N–H and O–H groups in total. The van der Waals surface area contributed by atoms with E-state index in [9.17, 15) is 4.39 Å². The van der Waals surface area contributed by atoms with Crippen LogP contribution >= 0.6 is 0 Å². The number of aryl methyl sites for hydroxylation is 1. The van der Waals surface area contributed by atoms with Crippen LogP contribution in [0.1, 0.15) is 23.4 Å². The molecule has 110 valence electrons. The normalized spacial score (nSPS) is 11.0. The zero-order valence-electron chi connectivity index (χ0n) is 11.9. The van der Waals surface area contributed by atoms with E-state index >= 15 is 0 Å². The smallest absolute Gasteiger partial charge is 0.144 e. The average Bonchev–Trinajstić information content (AvgIpc) is 2.47. The van der Waals surface area contributed by atoms with Crippen LogP contribution in [0.4, 0.5) is 4.39 Å². The Kier molecular flexibility index (Phi) is 5.46. The van der Waals surface area contributed by atoms with Crippen LogP contribution in [0.2, 0.25) is 0 Å². The van der Waals surface area contributed by atoms with Crippen molar-refractivity contribution in [2.24, 2.45) is 0 Å². The third kappa shape index (κ3) is 4.68. The molecule has 1 heterocycles. The zero-order valence-corrected chi connectivity index (χ0v) is 11.9. The van der Waals surface area contributed by atoms with Gasteiger partial charge in [-0.15, -0.1) is 0 Å². The first-order valence-electron chi connectivity index (χ1n) is 6.84. The minimum Gasteiger partial charge on any atom is -0.491 e. The van der Waals surface area contributed by atoms with E-state index in [0.29, 0.717) is 24.5 Å². The van der Waals surface area contributed by atoms with Gasteiger partial charge in [0.15, 0.2) is 0 Å². The second-order valence-corrected chi connectivity index (χ2v) is 4.65. The summed E-state index contributed by atoms with van der Waals surface area (Å²) in [5.41, 5.74) is 2.33. The topological polar surface area (TPSA) is 42.4 Å². The molecular formula is C17H18FNO2. The molecule has 2 rings (SSSR count). The number of hydrogen-bond donors (Lipinski definition) is 1. The summed E-state index contributed by atoms with van der Waals surface area (Å²) < 4.78 is 18.7. The fraction of sp³-hybridized carbons (Fsp3) is 0.235.